The van der Waals surface area contributed by atoms with Gasteiger partial charge in [0.25, 0.3) is 0 Å². The normalized spacial score (nSPS) is 14.0. The van der Waals surface area contributed by atoms with Crippen molar-refractivity contribution >= 4 is 17.2 Å². The highest BCUT2D eigenvalue weighted by molar-refractivity contribution is 7.10. The molecule has 0 aliphatic carbocycles. The lowest BCUT2D eigenvalue weighted by Gasteiger charge is -2.24. The lowest BCUT2D eigenvalue weighted by molar-refractivity contribution is -0.123. The summed E-state index contributed by atoms with van der Waals surface area (Å²) >= 11 is 1.71. The number of thiophene rings is 1. The first-order valence-electron chi connectivity index (χ1n) is 8.58. The van der Waals surface area contributed by atoms with Crippen LogP contribution in [0.1, 0.15) is 62.6 Å². The molecule has 0 radical (unpaired) electrons. The Labute approximate surface area is 149 Å². The van der Waals surface area contributed by atoms with E-state index in [1.165, 1.54) is 16.0 Å². The summed E-state index contributed by atoms with van der Waals surface area (Å²) in [7, 11) is 0. The van der Waals surface area contributed by atoms with Gasteiger partial charge in [0.1, 0.15) is 0 Å². The number of rotatable bonds is 7. The number of carbonyl (C=O) groups is 1. The van der Waals surface area contributed by atoms with Crippen LogP contribution in [0.4, 0.5) is 0 Å². The van der Waals surface area contributed by atoms with Gasteiger partial charge in [-0.25, -0.2) is 0 Å². The molecular weight excluding hydrogens is 316 g/mol. The number of carbonyl (C=O) groups excluding carboxylic acids is 1. The molecule has 1 heterocycles. The molecular formula is C20H28N2OS. The van der Waals surface area contributed by atoms with E-state index in [0.29, 0.717) is 5.92 Å². The van der Waals surface area contributed by atoms with Crippen LogP contribution >= 0.6 is 11.3 Å². The topological polar surface area (TPSA) is 41.1 Å². The van der Waals surface area contributed by atoms with Crippen LogP contribution < -0.4 is 10.6 Å². The number of nitrogens with one attached hydrogen (secondary N) is 2. The molecule has 24 heavy (non-hydrogen) atoms. The van der Waals surface area contributed by atoms with E-state index in [1.54, 1.807) is 11.3 Å². The second-order valence-corrected chi connectivity index (χ2v) is 7.80. The van der Waals surface area contributed by atoms with Crippen molar-refractivity contribution in [2.45, 2.75) is 58.7 Å². The average molecular weight is 345 g/mol. The predicted octanol–water partition coefficient (Wildman–Crippen LogP) is 4.46. The molecule has 130 valence electrons. The third-order valence-electron chi connectivity index (χ3n) is 4.01. The van der Waals surface area contributed by atoms with Gasteiger partial charge in [0.15, 0.2) is 0 Å². The van der Waals surface area contributed by atoms with Crippen molar-refractivity contribution in [1.29, 1.82) is 0 Å². The van der Waals surface area contributed by atoms with Gasteiger partial charge in [-0.1, -0.05) is 44.2 Å². The Hall–Kier alpha value is -1.65. The monoisotopic (exact) mass is 344 g/mol. The van der Waals surface area contributed by atoms with Gasteiger partial charge < -0.3 is 5.32 Å². The zero-order valence-corrected chi connectivity index (χ0v) is 16.0. The third kappa shape index (κ3) is 4.92. The van der Waals surface area contributed by atoms with E-state index >= 15 is 0 Å². The number of amides is 1. The van der Waals surface area contributed by atoms with E-state index in [4.69, 9.17) is 0 Å². The smallest absolute Gasteiger partial charge is 0.237 e. The Balaban J connectivity index is 2.21. The quantitative estimate of drug-likeness (QED) is 0.778. The Morgan fingerprint density at radius 1 is 0.958 bits per heavy atom. The molecule has 3 nitrogen and oxygen atoms in total. The summed E-state index contributed by atoms with van der Waals surface area (Å²) in [6.45, 7) is 10.3. The summed E-state index contributed by atoms with van der Waals surface area (Å²) < 4.78 is 0. The lowest BCUT2D eigenvalue weighted by atomic mass is 9.98. The first-order chi connectivity index (χ1) is 11.4. The van der Waals surface area contributed by atoms with Gasteiger partial charge in [0, 0.05) is 10.9 Å². The van der Waals surface area contributed by atoms with Crippen LogP contribution in [0.5, 0.6) is 0 Å². The minimum Gasteiger partial charge on any atom is -0.353 e. The summed E-state index contributed by atoms with van der Waals surface area (Å²) in [6, 6.07) is 12.8. The molecule has 0 saturated heterocycles. The molecule has 0 fully saturated rings. The Kier molecular flexibility index (Phi) is 6.58. The molecule has 0 bridgehead atoms. The molecule has 0 aliphatic rings. The van der Waals surface area contributed by atoms with Crippen LogP contribution in [-0.2, 0) is 4.79 Å². The summed E-state index contributed by atoms with van der Waals surface area (Å²) in [4.78, 5) is 13.5. The van der Waals surface area contributed by atoms with Crippen LogP contribution in [0, 0.1) is 0 Å². The molecule has 1 aromatic heterocycles. The Morgan fingerprint density at radius 3 is 2.08 bits per heavy atom. The summed E-state index contributed by atoms with van der Waals surface area (Å²) in [5, 5.41) is 8.53. The maximum absolute atomic E-state index is 12.3. The van der Waals surface area contributed by atoms with Gasteiger partial charge in [-0.2, -0.15) is 0 Å². The standard InChI is InChI=1S/C20H28N2OS/c1-13(2)16-8-10-17(11-9-16)19(18-7-6-12-24-18)22-15(5)20(23)21-14(3)4/h6-15,19,22H,1-5H3,(H,21,23)/t15-,19+/m0/s1. The van der Waals surface area contributed by atoms with Crippen molar-refractivity contribution < 1.29 is 4.79 Å². The van der Waals surface area contributed by atoms with Crippen LogP contribution in [-0.4, -0.2) is 18.0 Å². The summed E-state index contributed by atoms with van der Waals surface area (Å²) in [5.74, 6) is 0.549. The van der Waals surface area contributed by atoms with E-state index in [0.717, 1.165) is 0 Å². The fraction of sp³-hybridized carbons (Fsp3) is 0.450. The molecule has 2 N–H and O–H groups in total. The average Bonchev–Trinajstić information content (AvgIpc) is 3.06. The summed E-state index contributed by atoms with van der Waals surface area (Å²) in [6.07, 6.45) is 0. The van der Waals surface area contributed by atoms with Crippen LogP contribution in [0.2, 0.25) is 0 Å². The highest BCUT2D eigenvalue weighted by atomic mass is 32.1. The third-order valence-corrected chi connectivity index (χ3v) is 4.94. The highest BCUT2D eigenvalue weighted by Crippen LogP contribution is 2.28. The van der Waals surface area contributed by atoms with Crippen molar-refractivity contribution in [1.82, 2.24) is 10.6 Å². The van der Waals surface area contributed by atoms with Crippen molar-refractivity contribution in [3.05, 3.63) is 57.8 Å². The number of hydrogen-bond donors (Lipinski definition) is 2. The first-order valence-corrected chi connectivity index (χ1v) is 9.46. The van der Waals surface area contributed by atoms with Gasteiger partial charge in [-0.15, -0.1) is 11.3 Å². The molecule has 2 rings (SSSR count). The number of hydrogen-bond acceptors (Lipinski definition) is 3. The molecule has 1 aromatic carbocycles. The molecule has 0 unspecified atom stereocenters. The molecule has 0 aliphatic heterocycles. The summed E-state index contributed by atoms with van der Waals surface area (Å²) in [5.41, 5.74) is 2.51. The SMILES string of the molecule is CC(C)NC(=O)[C@H](C)N[C@H](c1ccc(C(C)C)cc1)c1cccs1. The maximum atomic E-state index is 12.3. The van der Waals surface area contributed by atoms with Crippen molar-refractivity contribution in [2.75, 3.05) is 0 Å². The predicted molar refractivity (Wildman–Crippen MR) is 103 cm³/mol. The first kappa shape index (κ1) is 18.7. The zero-order chi connectivity index (χ0) is 17.7. The van der Waals surface area contributed by atoms with Crippen LogP contribution in [0.15, 0.2) is 41.8 Å². The highest BCUT2D eigenvalue weighted by Gasteiger charge is 2.21. The molecule has 0 spiro atoms. The van der Waals surface area contributed by atoms with Crippen molar-refractivity contribution in [3.63, 3.8) is 0 Å². The van der Waals surface area contributed by atoms with E-state index in [-0.39, 0.29) is 24.0 Å². The van der Waals surface area contributed by atoms with E-state index in [9.17, 15) is 4.79 Å². The van der Waals surface area contributed by atoms with Crippen LogP contribution in [0.25, 0.3) is 0 Å². The second kappa shape index (κ2) is 8.45. The van der Waals surface area contributed by atoms with Crippen molar-refractivity contribution in [2.24, 2.45) is 0 Å². The van der Waals surface area contributed by atoms with E-state index in [2.05, 4.69) is 66.3 Å². The maximum Gasteiger partial charge on any atom is 0.237 e. The molecule has 0 saturated carbocycles. The van der Waals surface area contributed by atoms with Gasteiger partial charge in [-0.05, 0) is 49.3 Å². The minimum atomic E-state index is -0.260. The molecule has 2 aromatic rings. The van der Waals surface area contributed by atoms with E-state index < -0.39 is 0 Å². The van der Waals surface area contributed by atoms with Crippen molar-refractivity contribution in [3.8, 4) is 0 Å². The second-order valence-electron chi connectivity index (χ2n) is 6.82. The Bertz CT molecular complexity index is 632. The zero-order valence-electron chi connectivity index (χ0n) is 15.2. The Morgan fingerprint density at radius 2 is 1.58 bits per heavy atom. The van der Waals surface area contributed by atoms with Gasteiger partial charge in [0.05, 0.1) is 12.1 Å². The number of benzene rings is 1. The van der Waals surface area contributed by atoms with Gasteiger partial charge in [0.2, 0.25) is 5.91 Å². The molecule has 2 atom stereocenters. The molecule has 4 heteroatoms. The lowest BCUT2D eigenvalue weighted by Crippen LogP contribution is -2.45. The van der Waals surface area contributed by atoms with Crippen LogP contribution in [0.3, 0.4) is 0 Å². The van der Waals surface area contributed by atoms with E-state index in [1.807, 2.05) is 20.8 Å². The molecule has 1 amide bonds. The minimum absolute atomic E-state index is 0.0270. The van der Waals surface area contributed by atoms with Gasteiger partial charge in [-0.3, -0.25) is 10.1 Å². The fourth-order valence-corrected chi connectivity index (χ4v) is 3.42. The fourth-order valence-electron chi connectivity index (χ4n) is 2.61. The van der Waals surface area contributed by atoms with Gasteiger partial charge >= 0.3 is 0 Å². The largest absolute Gasteiger partial charge is 0.353 e.